The van der Waals surface area contributed by atoms with Crippen LogP contribution in [0.2, 0.25) is 5.02 Å². The second kappa shape index (κ2) is 11.3. The normalized spacial score (nSPS) is 11.4. The van der Waals surface area contributed by atoms with E-state index in [1.165, 1.54) is 19.1 Å². The minimum Gasteiger partial charge on any atom is -0.496 e. The van der Waals surface area contributed by atoms with Gasteiger partial charge in [-0.1, -0.05) is 30.7 Å². The summed E-state index contributed by atoms with van der Waals surface area (Å²) in [7, 11) is 4.62. The summed E-state index contributed by atoms with van der Waals surface area (Å²) in [5.41, 5.74) is 0.859. The molecule has 1 unspecified atom stereocenters. The van der Waals surface area contributed by atoms with E-state index in [9.17, 15) is 9.59 Å². The number of methoxy groups -OCH3 is 2. The van der Waals surface area contributed by atoms with E-state index in [-0.39, 0.29) is 25.0 Å². The van der Waals surface area contributed by atoms with Gasteiger partial charge in [0.25, 0.3) is 5.91 Å². The number of hydrogen-bond acceptors (Lipinski definition) is 5. The van der Waals surface area contributed by atoms with Crippen molar-refractivity contribution in [2.45, 2.75) is 25.9 Å². The molecule has 1 atom stereocenters. The number of nitrogens with one attached hydrogen (secondary N) is 1. The average Bonchev–Trinajstić information content (AvgIpc) is 2.77. The van der Waals surface area contributed by atoms with Crippen molar-refractivity contribution in [1.82, 2.24) is 10.2 Å². The molecule has 0 bridgehead atoms. The zero-order chi connectivity index (χ0) is 22.1. The average molecular weight is 435 g/mol. The molecular formula is C22H27ClN2O5. The van der Waals surface area contributed by atoms with Gasteiger partial charge >= 0.3 is 0 Å². The number of carbonyl (C=O) groups excluding carboxylic acids is 2. The third-order valence-electron chi connectivity index (χ3n) is 4.59. The zero-order valence-corrected chi connectivity index (χ0v) is 18.4. The molecule has 0 aromatic heterocycles. The van der Waals surface area contributed by atoms with Crippen LogP contribution in [0.1, 0.15) is 18.9 Å². The van der Waals surface area contributed by atoms with Gasteiger partial charge in [-0.05, 0) is 24.1 Å². The van der Waals surface area contributed by atoms with Gasteiger partial charge in [-0.25, -0.2) is 0 Å². The fourth-order valence-electron chi connectivity index (χ4n) is 2.97. The molecule has 0 heterocycles. The molecule has 0 saturated heterocycles. The largest absolute Gasteiger partial charge is 0.496 e. The van der Waals surface area contributed by atoms with E-state index < -0.39 is 6.04 Å². The fourth-order valence-corrected chi connectivity index (χ4v) is 3.09. The van der Waals surface area contributed by atoms with E-state index in [4.69, 9.17) is 25.8 Å². The molecule has 162 valence electrons. The Morgan fingerprint density at radius 3 is 2.10 bits per heavy atom. The lowest BCUT2D eigenvalue weighted by Crippen LogP contribution is -2.49. The van der Waals surface area contributed by atoms with Crippen molar-refractivity contribution in [3.63, 3.8) is 0 Å². The Morgan fingerprint density at radius 1 is 1.03 bits per heavy atom. The van der Waals surface area contributed by atoms with E-state index in [1.54, 1.807) is 37.4 Å². The van der Waals surface area contributed by atoms with Crippen molar-refractivity contribution in [3.05, 3.63) is 53.1 Å². The van der Waals surface area contributed by atoms with Crippen LogP contribution in [0.3, 0.4) is 0 Å². The van der Waals surface area contributed by atoms with Gasteiger partial charge in [-0.2, -0.15) is 0 Å². The molecular weight excluding hydrogens is 408 g/mol. The van der Waals surface area contributed by atoms with Crippen LogP contribution in [-0.2, 0) is 16.1 Å². The van der Waals surface area contributed by atoms with Crippen LogP contribution >= 0.6 is 11.6 Å². The van der Waals surface area contributed by atoms with Crippen molar-refractivity contribution in [2.75, 3.05) is 27.9 Å². The van der Waals surface area contributed by atoms with Gasteiger partial charge in [0.15, 0.2) is 6.61 Å². The van der Waals surface area contributed by atoms with Gasteiger partial charge in [0.2, 0.25) is 5.91 Å². The molecule has 7 nitrogen and oxygen atoms in total. The lowest BCUT2D eigenvalue weighted by atomic mass is 10.1. The zero-order valence-electron chi connectivity index (χ0n) is 17.6. The van der Waals surface area contributed by atoms with E-state index in [0.29, 0.717) is 28.7 Å². The maximum atomic E-state index is 13.0. The van der Waals surface area contributed by atoms with Crippen LogP contribution in [-0.4, -0.2) is 50.6 Å². The Hall–Kier alpha value is -2.93. The van der Waals surface area contributed by atoms with Crippen LogP contribution in [0.5, 0.6) is 17.2 Å². The highest BCUT2D eigenvalue weighted by Crippen LogP contribution is 2.27. The number of nitrogens with zero attached hydrogens (tertiary/aromatic N) is 1. The third kappa shape index (κ3) is 6.29. The van der Waals surface area contributed by atoms with Crippen molar-refractivity contribution in [3.8, 4) is 17.2 Å². The number of hydrogen-bond donors (Lipinski definition) is 1. The topological polar surface area (TPSA) is 77.1 Å². The van der Waals surface area contributed by atoms with Gasteiger partial charge in [0.1, 0.15) is 23.3 Å². The standard InChI is InChI=1S/C22H27ClN2O5/c1-5-20(22(27)24-2)25(13-15-6-8-16(23)9-7-15)21(26)14-30-19-11-17(28-3)10-18(12-19)29-4/h6-12,20H,5,13-14H2,1-4H3,(H,24,27). The highest BCUT2D eigenvalue weighted by molar-refractivity contribution is 6.30. The maximum Gasteiger partial charge on any atom is 0.261 e. The molecule has 2 aromatic carbocycles. The van der Waals surface area contributed by atoms with Crippen molar-refractivity contribution < 1.29 is 23.8 Å². The monoisotopic (exact) mass is 434 g/mol. The summed E-state index contributed by atoms with van der Waals surface area (Å²) in [6.07, 6.45) is 0.464. The van der Waals surface area contributed by atoms with Gasteiger partial charge in [-0.3, -0.25) is 9.59 Å². The molecule has 0 aliphatic heterocycles. The first-order valence-electron chi connectivity index (χ1n) is 9.53. The Bertz CT molecular complexity index is 835. The molecule has 0 spiro atoms. The number of ether oxygens (including phenoxy) is 3. The minimum atomic E-state index is -0.623. The Labute approximate surface area is 181 Å². The fraction of sp³-hybridized carbons (Fsp3) is 0.364. The Kier molecular flexibility index (Phi) is 8.80. The summed E-state index contributed by atoms with van der Waals surface area (Å²) >= 11 is 5.96. The summed E-state index contributed by atoms with van der Waals surface area (Å²) in [6.45, 7) is 1.87. The summed E-state index contributed by atoms with van der Waals surface area (Å²) in [5, 5.41) is 3.22. The summed E-state index contributed by atoms with van der Waals surface area (Å²) in [4.78, 5) is 26.9. The van der Waals surface area contributed by atoms with E-state index in [2.05, 4.69) is 5.32 Å². The first-order valence-corrected chi connectivity index (χ1v) is 9.91. The van der Waals surface area contributed by atoms with Gasteiger partial charge < -0.3 is 24.4 Å². The van der Waals surface area contributed by atoms with E-state index in [0.717, 1.165) is 5.56 Å². The van der Waals surface area contributed by atoms with Crippen LogP contribution in [0.25, 0.3) is 0 Å². The molecule has 0 aliphatic rings. The molecule has 2 rings (SSSR count). The molecule has 0 saturated carbocycles. The lowest BCUT2D eigenvalue weighted by molar-refractivity contribution is -0.142. The van der Waals surface area contributed by atoms with Crippen LogP contribution in [0.15, 0.2) is 42.5 Å². The predicted molar refractivity (Wildman–Crippen MR) is 115 cm³/mol. The highest BCUT2D eigenvalue weighted by Gasteiger charge is 2.28. The van der Waals surface area contributed by atoms with Gasteiger partial charge in [0, 0.05) is 36.8 Å². The number of carbonyl (C=O) groups is 2. The summed E-state index contributed by atoms with van der Waals surface area (Å²) in [6, 6.07) is 11.6. The highest BCUT2D eigenvalue weighted by atomic mass is 35.5. The molecule has 0 fully saturated rings. The Balaban J connectivity index is 2.21. The molecule has 8 heteroatoms. The van der Waals surface area contributed by atoms with Gasteiger partial charge in [-0.15, -0.1) is 0 Å². The molecule has 0 radical (unpaired) electrons. The molecule has 0 aliphatic carbocycles. The molecule has 1 N–H and O–H groups in total. The number of halogens is 1. The van der Waals surface area contributed by atoms with E-state index in [1.807, 2.05) is 19.1 Å². The summed E-state index contributed by atoms with van der Waals surface area (Å²) < 4.78 is 16.1. The van der Waals surface area contributed by atoms with E-state index >= 15 is 0 Å². The summed E-state index contributed by atoms with van der Waals surface area (Å²) in [5.74, 6) is 0.974. The van der Waals surface area contributed by atoms with Crippen molar-refractivity contribution in [2.24, 2.45) is 0 Å². The first kappa shape index (κ1) is 23.3. The SMILES string of the molecule is CCC(C(=O)NC)N(Cc1ccc(Cl)cc1)C(=O)COc1cc(OC)cc(OC)c1. The lowest BCUT2D eigenvalue weighted by Gasteiger charge is -2.30. The quantitative estimate of drug-likeness (QED) is 0.621. The molecule has 2 amide bonds. The first-order chi connectivity index (χ1) is 14.4. The van der Waals surface area contributed by atoms with Crippen molar-refractivity contribution in [1.29, 1.82) is 0 Å². The Morgan fingerprint density at radius 2 is 1.60 bits per heavy atom. The van der Waals surface area contributed by atoms with Crippen LogP contribution in [0, 0.1) is 0 Å². The van der Waals surface area contributed by atoms with Gasteiger partial charge in [0.05, 0.1) is 14.2 Å². The number of benzene rings is 2. The predicted octanol–water partition coefficient (Wildman–Crippen LogP) is 3.29. The van der Waals surface area contributed by atoms with Crippen LogP contribution in [0.4, 0.5) is 0 Å². The number of likely N-dealkylation sites (N-methyl/N-ethyl adjacent to an activating group) is 1. The molecule has 2 aromatic rings. The number of rotatable bonds is 10. The maximum absolute atomic E-state index is 13.0. The minimum absolute atomic E-state index is 0.233. The smallest absolute Gasteiger partial charge is 0.261 e. The van der Waals surface area contributed by atoms with Crippen LogP contribution < -0.4 is 19.5 Å². The second-order valence-electron chi connectivity index (χ2n) is 6.52. The van der Waals surface area contributed by atoms with Crippen molar-refractivity contribution >= 4 is 23.4 Å². The second-order valence-corrected chi connectivity index (χ2v) is 6.96. The number of amides is 2. The third-order valence-corrected chi connectivity index (χ3v) is 4.84. The molecule has 30 heavy (non-hydrogen) atoms.